The molecule has 0 unspecified atom stereocenters. The Morgan fingerprint density at radius 3 is 2.21 bits per heavy atom. The quantitative estimate of drug-likeness (QED) is 0.604. The van der Waals surface area contributed by atoms with Gasteiger partial charge in [-0.3, -0.25) is 4.90 Å². The highest BCUT2D eigenvalue weighted by atomic mass is 32.2. The fraction of sp³-hybridized carbons (Fsp3) is 0.619. The molecule has 8 nitrogen and oxygen atoms in total. The number of benzene rings is 1. The van der Waals surface area contributed by atoms with Crippen molar-refractivity contribution in [2.45, 2.75) is 44.2 Å². The summed E-state index contributed by atoms with van der Waals surface area (Å²) in [6, 6.07) is 5.31. The van der Waals surface area contributed by atoms with Crippen LogP contribution in [0.2, 0.25) is 0 Å². The molecule has 0 saturated carbocycles. The predicted octanol–water partition coefficient (Wildman–Crippen LogP) is 3.21. The number of carboxylic acids is 1. The molecule has 13 heteroatoms. The fourth-order valence-corrected chi connectivity index (χ4v) is 6.14. The van der Waals surface area contributed by atoms with E-state index >= 15 is 0 Å². The van der Waals surface area contributed by atoms with Crippen LogP contribution in [-0.2, 0) is 14.6 Å². The van der Waals surface area contributed by atoms with Crippen LogP contribution in [0.25, 0.3) is 0 Å². The lowest BCUT2D eigenvalue weighted by Gasteiger charge is -2.40. The number of carboxylic acid groups (broad SMARTS) is 1. The summed E-state index contributed by atoms with van der Waals surface area (Å²) in [5.41, 5.74) is 0.525. The number of likely N-dealkylation sites (tertiary alicyclic amines) is 1. The zero-order valence-corrected chi connectivity index (χ0v) is 19.7. The third kappa shape index (κ3) is 7.83. The summed E-state index contributed by atoms with van der Waals surface area (Å²) in [6.45, 7) is 6.64. The van der Waals surface area contributed by atoms with Crippen LogP contribution in [0, 0.1) is 11.7 Å². The summed E-state index contributed by atoms with van der Waals surface area (Å²) in [5.74, 6) is -2.45. The van der Waals surface area contributed by atoms with E-state index in [-0.39, 0.29) is 23.6 Å². The zero-order valence-electron chi connectivity index (χ0n) is 18.9. The van der Waals surface area contributed by atoms with Crippen molar-refractivity contribution in [3.63, 3.8) is 0 Å². The van der Waals surface area contributed by atoms with E-state index in [9.17, 15) is 30.8 Å². The first-order valence-electron chi connectivity index (χ1n) is 10.8. The van der Waals surface area contributed by atoms with Gasteiger partial charge >= 0.3 is 18.2 Å². The van der Waals surface area contributed by atoms with Gasteiger partial charge < -0.3 is 15.3 Å². The van der Waals surface area contributed by atoms with Crippen molar-refractivity contribution in [1.82, 2.24) is 9.80 Å². The second kappa shape index (κ2) is 11.3. The molecule has 2 aliphatic rings. The molecule has 0 spiro atoms. The summed E-state index contributed by atoms with van der Waals surface area (Å²) in [5, 5.41) is 9.49. The Balaban J connectivity index is 0.000000509. The molecule has 2 N–H and O–H groups in total. The first-order valence-corrected chi connectivity index (χ1v) is 12.5. The van der Waals surface area contributed by atoms with Gasteiger partial charge in [0.15, 0.2) is 9.84 Å². The van der Waals surface area contributed by atoms with E-state index < -0.39 is 27.2 Å². The molecule has 34 heavy (non-hydrogen) atoms. The maximum Gasteiger partial charge on any atom is 0.490 e. The Morgan fingerprint density at radius 2 is 1.68 bits per heavy atom. The van der Waals surface area contributed by atoms with E-state index in [4.69, 9.17) is 9.90 Å². The average molecular weight is 512 g/mol. The van der Waals surface area contributed by atoms with E-state index in [0.717, 1.165) is 6.54 Å². The largest absolute Gasteiger partial charge is 0.490 e. The van der Waals surface area contributed by atoms with Crippen LogP contribution in [0.5, 0.6) is 0 Å². The van der Waals surface area contributed by atoms with E-state index in [0.29, 0.717) is 44.1 Å². The minimum absolute atomic E-state index is 0.0326. The molecule has 3 rings (SSSR count). The lowest BCUT2D eigenvalue weighted by Crippen LogP contribution is -2.55. The first kappa shape index (κ1) is 27.8. The van der Waals surface area contributed by atoms with E-state index in [1.165, 1.54) is 24.3 Å². The number of aliphatic carboxylic acids is 1. The molecule has 0 bridgehead atoms. The third-order valence-electron chi connectivity index (χ3n) is 5.63. The number of hydrogen-bond acceptors (Lipinski definition) is 5. The van der Waals surface area contributed by atoms with Crippen LogP contribution in [0.15, 0.2) is 24.3 Å². The molecular weight excluding hydrogens is 482 g/mol. The molecule has 2 amide bonds. The summed E-state index contributed by atoms with van der Waals surface area (Å²) in [6.07, 6.45) is -3.98. The van der Waals surface area contributed by atoms with Gasteiger partial charge in [-0.1, -0.05) is 13.8 Å². The fourth-order valence-electron chi connectivity index (χ4n) is 4.09. The van der Waals surface area contributed by atoms with Crippen LogP contribution >= 0.6 is 0 Å². The van der Waals surface area contributed by atoms with E-state index in [2.05, 4.69) is 24.1 Å². The average Bonchev–Trinajstić information content (AvgIpc) is 2.96. The van der Waals surface area contributed by atoms with Gasteiger partial charge in [0.1, 0.15) is 5.82 Å². The van der Waals surface area contributed by atoms with Crippen molar-refractivity contribution >= 4 is 27.5 Å². The number of urea groups is 1. The van der Waals surface area contributed by atoms with Crippen LogP contribution in [-0.4, -0.2) is 84.7 Å². The highest BCUT2D eigenvalue weighted by Crippen LogP contribution is 2.29. The number of nitrogens with one attached hydrogen (secondary N) is 1. The summed E-state index contributed by atoms with van der Waals surface area (Å²) in [4.78, 5) is 25.4. The van der Waals surface area contributed by atoms with Crippen molar-refractivity contribution in [3.05, 3.63) is 30.1 Å². The molecule has 192 valence electrons. The Morgan fingerprint density at radius 1 is 1.12 bits per heavy atom. The van der Waals surface area contributed by atoms with Gasteiger partial charge in [0.2, 0.25) is 0 Å². The van der Waals surface area contributed by atoms with Crippen LogP contribution in [0.1, 0.15) is 26.7 Å². The standard InChI is InChI=1S/C19H28FN3O3S.C2HF3O2/c1-14(2)13-23-11-12-27(25,26)18-8-10-22(9-7-17(18)23)19(24)21-16-5-3-15(20)4-6-16;3-2(4,5)1(6)7/h3-6,14,17-18H,7-13H2,1-2H3,(H,21,24);(H,6,7)/t17-,18+;/m0./s1. The van der Waals surface area contributed by atoms with Crippen LogP contribution in [0.4, 0.5) is 28.0 Å². The van der Waals surface area contributed by atoms with Crippen molar-refractivity contribution in [3.8, 4) is 0 Å². The Bertz CT molecular complexity index is 954. The minimum Gasteiger partial charge on any atom is -0.475 e. The third-order valence-corrected chi connectivity index (χ3v) is 7.85. The highest BCUT2D eigenvalue weighted by molar-refractivity contribution is 7.92. The van der Waals surface area contributed by atoms with Crippen molar-refractivity contribution in [2.24, 2.45) is 5.92 Å². The molecule has 2 atom stereocenters. The highest BCUT2D eigenvalue weighted by Gasteiger charge is 2.43. The lowest BCUT2D eigenvalue weighted by atomic mass is 10.0. The Labute approximate surface area is 195 Å². The zero-order chi connectivity index (χ0) is 25.7. The number of rotatable bonds is 3. The summed E-state index contributed by atoms with van der Waals surface area (Å²) >= 11 is 0. The number of hydrogen-bond donors (Lipinski definition) is 2. The van der Waals surface area contributed by atoms with Crippen LogP contribution in [0.3, 0.4) is 0 Å². The van der Waals surface area contributed by atoms with Gasteiger partial charge in [0, 0.05) is 37.9 Å². The molecule has 1 aromatic rings. The minimum atomic E-state index is -5.08. The number of anilines is 1. The Hall–Kier alpha value is -2.41. The monoisotopic (exact) mass is 511 g/mol. The molecule has 2 fully saturated rings. The van der Waals surface area contributed by atoms with E-state index in [1.807, 2.05) is 0 Å². The van der Waals surface area contributed by atoms with Crippen molar-refractivity contribution in [2.75, 3.05) is 37.2 Å². The maximum absolute atomic E-state index is 13.0. The van der Waals surface area contributed by atoms with Crippen molar-refractivity contribution in [1.29, 1.82) is 0 Å². The van der Waals surface area contributed by atoms with E-state index in [1.54, 1.807) is 4.90 Å². The number of nitrogens with zero attached hydrogens (tertiary/aromatic N) is 2. The summed E-state index contributed by atoms with van der Waals surface area (Å²) in [7, 11) is -3.13. The maximum atomic E-state index is 13.0. The molecule has 1 aromatic carbocycles. The predicted molar refractivity (Wildman–Crippen MR) is 118 cm³/mol. The smallest absolute Gasteiger partial charge is 0.475 e. The normalized spacial score (nSPS) is 22.7. The van der Waals surface area contributed by atoms with Crippen LogP contribution < -0.4 is 5.32 Å². The number of amides is 2. The number of carbonyl (C=O) groups is 2. The Kier molecular flexibility index (Phi) is 9.29. The van der Waals surface area contributed by atoms with Gasteiger partial charge in [0.25, 0.3) is 0 Å². The lowest BCUT2D eigenvalue weighted by molar-refractivity contribution is -0.192. The van der Waals surface area contributed by atoms with Crippen molar-refractivity contribution < 1.29 is 40.7 Å². The number of alkyl halides is 3. The molecular formula is C21H29F4N3O5S. The first-order chi connectivity index (χ1) is 15.7. The number of carbonyl (C=O) groups excluding carboxylic acids is 1. The number of sulfone groups is 1. The second-order valence-electron chi connectivity index (χ2n) is 8.67. The summed E-state index contributed by atoms with van der Waals surface area (Å²) < 4.78 is 70.0. The molecule has 2 heterocycles. The number of halogens is 4. The van der Waals surface area contributed by atoms with Gasteiger partial charge in [-0.15, -0.1) is 0 Å². The van der Waals surface area contributed by atoms with Gasteiger partial charge in [0.05, 0.1) is 11.0 Å². The van der Waals surface area contributed by atoms with Gasteiger partial charge in [-0.2, -0.15) is 13.2 Å². The molecule has 2 saturated heterocycles. The van der Waals surface area contributed by atoms with Gasteiger partial charge in [-0.25, -0.2) is 22.4 Å². The molecule has 0 aromatic heterocycles. The number of fused-ring (bicyclic) bond motifs is 1. The topological polar surface area (TPSA) is 107 Å². The van der Waals surface area contributed by atoms with Gasteiger partial charge in [-0.05, 0) is 43.0 Å². The SMILES string of the molecule is CC(C)CN1CCS(=O)(=O)[C@@H]2CCN(C(=O)Nc3ccc(F)cc3)CC[C@@H]21.O=C(O)C(F)(F)F. The second-order valence-corrected chi connectivity index (χ2v) is 11.0. The molecule has 0 aliphatic carbocycles. The molecule has 2 aliphatic heterocycles. The molecule has 0 radical (unpaired) electrons.